The number of carbonyl (C=O) groups is 1. The summed E-state index contributed by atoms with van der Waals surface area (Å²) in [6, 6.07) is 0. The van der Waals surface area contributed by atoms with Crippen LogP contribution in [0.4, 0.5) is 0 Å². The Kier molecular flexibility index (Phi) is 2.38. The van der Waals surface area contributed by atoms with Crippen molar-refractivity contribution >= 4 is 5.78 Å². The fraction of sp³-hybridized carbons (Fsp3) is 0.700. The van der Waals surface area contributed by atoms with Crippen molar-refractivity contribution in [1.82, 2.24) is 4.90 Å². The third kappa shape index (κ3) is 1.75. The Labute approximate surface area is 74.2 Å². The molecule has 0 bridgehead atoms. The molecule has 0 N–H and O–H groups in total. The number of allylic oxidation sites excluding steroid dienone is 1. The van der Waals surface area contributed by atoms with Crippen LogP contribution in [0.3, 0.4) is 0 Å². The predicted molar refractivity (Wildman–Crippen MR) is 50.1 cm³/mol. The maximum atomic E-state index is 11.3. The Morgan fingerprint density at radius 3 is 2.42 bits per heavy atom. The zero-order chi connectivity index (χ0) is 9.35. The van der Waals surface area contributed by atoms with Crippen LogP contribution in [0, 0.1) is 0 Å². The molecule has 0 aromatic heterocycles. The molecular formula is C10H17NO. The van der Waals surface area contributed by atoms with E-state index in [1.807, 2.05) is 21.0 Å². The van der Waals surface area contributed by atoms with E-state index in [1.54, 1.807) is 6.08 Å². The van der Waals surface area contributed by atoms with E-state index < -0.39 is 0 Å². The van der Waals surface area contributed by atoms with Crippen LogP contribution < -0.4 is 0 Å². The summed E-state index contributed by atoms with van der Waals surface area (Å²) in [5.74, 6) is 0.259. The van der Waals surface area contributed by atoms with Gasteiger partial charge in [0.05, 0.1) is 0 Å². The van der Waals surface area contributed by atoms with Gasteiger partial charge in [-0.3, -0.25) is 4.79 Å². The van der Waals surface area contributed by atoms with Crippen molar-refractivity contribution in [3.8, 4) is 0 Å². The molecule has 0 heterocycles. The van der Waals surface area contributed by atoms with E-state index in [1.165, 1.54) is 5.57 Å². The number of ketones is 1. The maximum Gasteiger partial charge on any atom is 0.157 e. The molecule has 0 amide bonds. The van der Waals surface area contributed by atoms with Crippen LogP contribution in [0.25, 0.3) is 0 Å². The minimum Gasteiger partial charge on any atom is -0.303 e. The molecule has 0 aromatic carbocycles. The van der Waals surface area contributed by atoms with Gasteiger partial charge in [-0.25, -0.2) is 0 Å². The standard InChI is InChI=1S/C10H17NO/c1-8-5-9(12)7-10(2,6-8)11(3)4/h5H,6-7H2,1-4H3. The Hall–Kier alpha value is -0.630. The quantitative estimate of drug-likeness (QED) is 0.591. The Morgan fingerprint density at radius 2 is 2.00 bits per heavy atom. The normalized spacial score (nSPS) is 30.8. The minimum atomic E-state index is 0.0376. The van der Waals surface area contributed by atoms with Crippen molar-refractivity contribution in [3.05, 3.63) is 11.6 Å². The Balaban J connectivity index is 2.85. The molecule has 0 spiro atoms. The molecule has 0 saturated heterocycles. The zero-order valence-corrected chi connectivity index (χ0v) is 8.35. The van der Waals surface area contributed by atoms with Gasteiger partial charge in [0.1, 0.15) is 0 Å². The highest BCUT2D eigenvalue weighted by Crippen LogP contribution is 2.29. The highest BCUT2D eigenvalue weighted by molar-refractivity contribution is 5.92. The average Bonchev–Trinajstić information content (AvgIpc) is 1.82. The van der Waals surface area contributed by atoms with Gasteiger partial charge in [0.25, 0.3) is 0 Å². The summed E-state index contributed by atoms with van der Waals surface area (Å²) in [5.41, 5.74) is 1.23. The van der Waals surface area contributed by atoms with Crippen LogP contribution in [0.5, 0.6) is 0 Å². The van der Waals surface area contributed by atoms with Crippen molar-refractivity contribution in [1.29, 1.82) is 0 Å². The van der Waals surface area contributed by atoms with E-state index in [0.717, 1.165) is 6.42 Å². The van der Waals surface area contributed by atoms with E-state index in [2.05, 4.69) is 11.8 Å². The topological polar surface area (TPSA) is 20.3 Å². The summed E-state index contributed by atoms with van der Waals surface area (Å²) in [7, 11) is 4.07. The van der Waals surface area contributed by atoms with Crippen LogP contribution >= 0.6 is 0 Å². The van der Waals surface area contributed by atoms with Crippen molar-refractivity contribution in [2.45, 2.75) is 32.2 Å². The number of nitrogens with zero attached hydrogens (tertiary/aromatic N) is 1. The van der Waals surface area contributed by atoms with Crippen LogP contribution in [0.15, 0.2) is 11.6 Å². The third-order valence-electron chi connectivity index (χ3n) is 2.70. The third-order valence-corrected chi connectivity index (χ3v) is 2.70. The van der Waals surface area contributed by atoms with Crippen molar-refractivity contribution < 1.29 is 4.79 Å². The predicted octanol–water partition coefficient (Wildman–Crippen LogP) is 1.62. The molecular weight excluding hydrogens is 150 g/mol. The van der Waals surface area contributed by atoms with E-state index in [0.29, 0.717) is 6.42 Å². The molecule has 2 heteroatoms. The Bertz CT molecular complexity index is 230. The summed E-state index contributed by atoms with van der Waals surface area (Å²) < 4.78 is 0. The van der Waals surface area contributed by atoms with Crippen LogP contribution in [-0.4, -0.2) is 30.3 Å². The van der Waals surface area contributed by atoms with Gasteiger partial charge in [-0.2, -0.15) is 0 Å². The van der Waals surface area contributed by atoms with E-state index >= 15 is 0 Å². The molecule has 1 atom stereocenters. The van der Waals surface area contributed by atoms with Crippen LogP contribution in [0.1, 0.15) is 26.7 Å². The lowest BCUT2D eigenvalue weighted by molar-refractivity contribution is -0.117. The fourth-order valence-corrected chi connectivity index (χ4v) is 1.73. The van der Waals surface area contributed by atoms with Gasteiger partial charge in [0.15, 0.2) is 5.78 Å². The van der Waals surface area contributed by atoms with Gasteiger partial charge < -0.3 is 4.90 Å². The SMILES string of the molecule is CC1=CC(=O)CC(C)(N(C)C)C1. The van der Waals surface area contributed by atoms with Gasteiger partial charge in [0.2, 0.25) is 0 Å². The summed E-state index contributed by atoms with van der Waals surface area (Å²) in [4.78, 5) is 13.4. The molecule has 0 radical (unpaired) electrons. The largest absolute Gasteiger partial charge is 0.303 e. The first kappa shape index (κ1) is 9.46. The lowest BCUT2D eigenvalue weighted by Gasteiger charge is -2.38. The zero-order valence-electron chi connectivity index (χ0n) is 8.35. The molecule has 0 aliphatic heterocycles. The lowest BCUT2D eigenvalue weighted by atomic mass is 9.82. The second kappa shape index (κ2) is 3.02. The molecule has 1 rings (SSSR count). The summed E-state index contributed by atoms with van der Waals surface area (Å²) in [6.45, 7) is 4.17. The van der Waals surface area contributed by atoms with Gasteiger partial charge in [-0.05, 0) is 40.4 Å². The van der Waals surface area contributed by atoms with Gasteiger partial charge >= 0.3 is 0 Å². The monoisotopic (exact) mass is 167 g/mol. The second-order valence-electron chi connectivity index (χ2n) is 4.20. The fourth-order valence-electron chi connectivity index (χ4n) is 1.73. The van der Waals surface area contributed by atoms with Crippen molar-refractivity contribution in [3.63, 3.8) is 0 Å². The minimum absolute atomic E-state index is 0.0376. The molecule has 2 nitrogen and oxygen atoms in total. The second-order valence-corrected chi connectivity index (χ2v) is 4.20. The number of hydrogen-bond acceptors (Lipinski definition) is 2. The first-order valence-corrected chi connectivity index (χ1v) is 4.31. The van der Waals surface area contributed by atoms with Crippen LogP contribution in [-0.2, 0) is 4.79 Å². The van der Waals surface area contributed by atoms with E-state index in [-0.39, 0.29) is 11.3 Å². The molecule has 0 aromatic rings. The molecule has 1 aliphatic rings. The Morgan fingerprint density at radius 1 is 1.42 bits per heavy atom. The molecule has 12 heavy (non-hydrogen) atoms. The lowest BCUT2D eigenvalue weighted by Crippen LogP contribution is -2.44. The molecule has 1 unspecified atom stereocenters. The smallest absolute Gasteiger partial charge is 0.157 e. The van der Waals surface area contributed by atoms with Gasteiger partial charge in [-0.1, -0.05) is 5.57 Å². The maximum absolute atomic E-state index is 11.3. The molecule has 0 fully saturated rings. The molecule has 68 valence electrons. The van der Waals surface area contributed by atoms with Crippen molar-refractivity contribution in [2.24, 2.45) is 0 Å². The summed E-state index contributed by atoms with van der Waals surface area (Å²) in [6.07, 6.45) is 3.42. The summed E-state index contributed by atoms with van der Waals surface area (Å²) >= 11 is 0. The van der Waals surface area contributed by atoms with E-state index in [9.17, 15) is 4.79 Å². The first-order valence-electron chi connectivity index (χ1n) is 4.31. The first-order chi connectivity index (χ1) is 5.44. The highest BCUT2D eigenvalue weighted by Gasteiger charge is 2.32. The number of rotatable bonds is 1. The molecule has 1 aliphatic carbocycles. The summed E-state index contributed by atoms with van der Waals surface area (Å²) in [5, 5.41) is 0. The average molecular weight is 167 g/mol. The number of carbonyl (C=O) groups excluding carboxylic acids is 1. The number of hydrogen-bond donors (Lipinski definition) is 0. The molecule has 0 saturated carbocycles. The highest BCUT2D eigenvalue weighted by atomic mass is 16.1. The van der Waals surface area contributed by atoms with E-state index in [4.69, 9.17) is 0 Å². The van der Waals surface area contributed by atoms with Crippen molar-refractivity contribution in [2.75, 3.05) is 14.1 Å². The van der Waals surface area contributed by atoms with Gasteiger partial charge in [0, 0.05) is 12.0 Å². The van der Waals surface area contributed by atoms with Crippen LogP contribution in [0.2, 0.25) is 0 Å². The van der Waals surface area contributed by atoms with Gasteiger partial charge in [-0.15, -0.1) is 0 Å².